The molecule has 3 heteroatoms. The molecule has 0 aliphatic rings. The van der Waals surface area contributed by atoms with Crippen LogP contribution in [0.2, 0.25) is 0 Å². The molecule has 1 N–H and O–H groups in total. The number of rotatable bonds is 5. The minimum Gasteiger partial charge on any atom is -0.388 e. The van der Waals surface area contributed by atoms with Gasteiger partial charge in [-0.3, -0.25) is 4.68 Å². The zero-order valence-electron chi connectivity index (χ0n) is 8.40. The SMILES string of the molecule is CCCCC(O)c1cnn(CC)c1. The molecular formula is C10H18N2O. The maximum Gasteiger partial charge on any atom is 0.0820 e. The number of nitrogens with zero attached hydrogens (tertiary/aromatic N) is 2. The van der Waals surface area contributed by atoms with E-state index in [-0.39, 0.29) is 6.10 Å². The van der Waals surface area contributed by atoms with Gasteiger partial charge in [0.2, 0.25) is 0 Å². The molecule has 1 unspecified atom stereocenters. The third-order valence-corrected chi connectivity index (χ3v) is 2.19. The first-order valence-corrected chi connectivity index (χ1v) is 4.98. The van der Waals surface area contributed by atoms with E-state index in [9.17, 15) is 5.11 Å². The summed E-state index contributed by atoms with van der Waals surface area (Å²) in [6.07, 6.45) is 6.37. The fourth-order valence-electron chi connectivity index (χ4n) is 1.29. The van der Waals surface area contributed by atoms with Crippen molar-refractivity contribution < 1.29 is 5.11 Å². The van der Waals surface area contributed by atoms with Gasteiger partial charge in [0, 0.05) is 18.3 Å². The standard InChI is InChI=1S/C10H18N2O/c1-3-5-6-10(13)9-7-11-12(4-2)8-9/h7-8,10,13H,3-6H2,1-2H3. The first-order valence-electron chi connectivity index (χ1n) is 4.98. The Hall–Kier alpha value is -0.830. The van der Waals surface area contributed by atoms with Gasteiger partial charge in [-0.05, 0) is 13.3 Å². The Labute approximate surface area is 79.4 Å². The molecule has 74 valence electrons. The van der Waals surface area contributed by atoms with Crippen molar-refractivity contribution >= 4 is 0 Å². The lowest BCUT2D eigenvalue weighted by Gasteiger charge is -2.05. The summed E-state index contributed by atoms with van der Waals surface area (Å²) in [5.41, 5.74) is 0.940. The van der Waals surface area contributed by atoms with Crippen LogP contribution >= 0.6 is 0 Å². The van der Waals surface area contributed by atoms with E-state index in [0.29, 0.717) is 0 Å². The molecule has 0 aliphatic heterocycles. The van der Waals surface area contributed by atoms with Crippen LogP contribution in [0.25, 0.3) is 0 Å². The summed E-state index contributed by atoms with van der Waals surface area (Å²) in [5, 5.41) is 13.8. The smallest absolute Gasteiger partial charge is 0.0820 e. The number of unbranched alkanes of at least 4 members (excludes halogenated alkanes) is 1. The van der Waals surface area contributed by atoms with E-state index < -0.39 is 0 Å². The Bertz CT molecular complexity index is 245. The van der Waals surface area contributed by atoms with Crippen molar-refractivity contribution in [1.29, 1.82) is 0 Å². The molecule has 1 aromatic heterocycles. The van der Waals surface area contributed by atoms with Crippen molar-refractivity contribution in [3.63, 3.8) is 0 Å². The minimum atomic E-state index is -0.333. The van der Waals surface area contributed by atoms with Crippen LogP contribution in [0.15, 0.2) is 12.4 Å². The normalized spacial score (nSPS) is 13.2. The number of aliphatic hydroxyl groups is 1. The van der Waals surface area contributed by atoms with E-state index in [4.69, 9.17) is 0 Å². The van der Waals surface area contributed by atoms with E-state index in [2.05, 4.69) is 12.0 Å². The Kier molecular flexibility index (Phi) is 3.96. The molecule has 1 rings (SSSR count). The van der Waals surface area contributed by atoms with Gasteiger partial charge in [-0.25, -0.2) is 0 Å². The van der Waals surface area contributed by atoms with Crippen LogP contribution in [0.4, 0.5) is 0 Å². The van der Waals surface area contributed by atoms with Gasteiger partial charge in [0.05, 0.1) is 12.3 Å². The summed E-state index contributed by atoms with van der Waals surface area (Å²) in [6.45, 7) is 5.03. The van der Waals surface area contributed by atoms with Gasteiger partial charge in [0.1, 0.15) is 0 Å². The zero-order valence-corrected chi connectivity index (χ0v) is 8.40. The molecule has 0 saturated heterocycles. The highest BCUT2D eigenvalue weighted by Crippen LogP contribution is 2.17. The summed E-state index contributed by atoms with van der Waals surface area (Å²) in [6, 6.07) is 0. The topological polar surface area (TPSA) is 38.1 Å². The van der Waals surface area contributed by atoms with Crippen molar-refractivity contribution in [2.75, 3.05) is 0 Å². The lowest BCUT2D eigenvalue weighted by atomic mass is 10.1. The molecule has 0 saturated carbocycles. The first kappa shape index (κ1) is 10.3. The second-order valence-corrected chi connectivity index (χ2v) is 3.29. The molecular weight excluding hydrogens is 164 g/mol. The number of hydrogen-bond donors (Lipinski definition) is 1. The summed E-state index contributed by atoms with van der Waals surface area (Å²) < 4.78 is 1.84. The molecule has 0 aliphatic carbocycles. The number of aliphatic hydroxyl groups excluding tert-OH is 1. The van der Waals surface area contributed by atoms with E-state index >= 15 is 0 Å². The molecule has 0 spiro atoms. The van der Waals surface area contributed by atoms with Crippen LogP contribution in [0, 0.1) is 0 Å². The Balaban J connectivity index is 2.50. The van der Waals surface area contributed by atoms with Gasteiger partial charge in [-0.2, -0.15) is 5.10 Å². The van der Waals surface area contributed by atoms with Crippen LogP contribution in [-0.2, 0) is 6.54 Å². The average molecular weight is 182 g/mol. The maximum atomic E-state index is 9.71. The van der Waals surface area contributed by atoms with E-state index in [1.165, 1.54) is 0 Å². The van der Waals surface area contributed by atoms with Crippen molar-refractivity contribution in [2.24, 2.45) is 0 Å². The zero-order chi connectivity index (χ0) is 9.68. The summed E-state index contributed by atoms with van der Waals surface area (Å²) in [7, 11) is 0. The predicted molar refractivity (Wildman–Crippen MR) is 52.4 cm³/mol. The van der Waals surface area contributed by atoms with Crippen LogP contribution in [-0.4, -0.2) is 14.9 Å². The molecule has 0 radical (unpaired) electrons. The lowest BCUT2D eigenvalue weighted by molar-refractivity contribution is 0.164. The van der Waals surface area contributed by atoms with Gasteiger partial charge in [-0.15, -0.1) is 0 Å². The molecule has 0 aromatic carbocycles. The highest BCUT2D eigenvalue weighted by molar-refractivity contribution is 5.07. The third-order valence-electron chi connectivity index (χ3n) is 2.19. The van der Waals surface area contributed by atoms with Gasteiger partial charge in [0.25, 0.3) is 0 Å². The second kappa shape index (κ2) is 5.02. The highest BCUT2D eigenvalue weighted by atomic mass is 16.3. The first-order chi connectivity index (χ1) is 6.27. The van der Waals surface area contributed by atoms with Gasteiger partial charge >= 0.3 is 0 Å². The average Bonchev–Trinajstić information content (AvgIpc) is 2.62. The quantitative estimate of drug-likeness (QED) is 0.757. The molecule has 1 aromatic rings. The number of aryl methyl sites for hydroxylation is 1. The number of aromatic nitrogens is 2. The summed E-state index contributed by atoms with van der Waals surface area (Å²) in [4.78, 5) is 0. The van der Waals surface area contributed by atoms with Gasteiger partial charge in [0.15, 0.2) is 0 Å². The third kappa shape index (κ3) is 2.84. The minimum absolute atomic E-state index is 0.333. The summed E-state index contributed by atoms with van der Waals surface area (Å²) >= 11 is 0. The Morgan fingerprint density at radius 1 is 1.54 bits per heavy atom. The fraction of sp³-hybridized carbons (Fsp3) is 0.700. The van der Waals surface area contributed by atoms with Crippen molar-refractivity contribution in [1.82, 2.24) is 9.78 Å². The maximum absolute atomic E-state index is 9.71. The van der Waals surface area contributed by atoms with Gasteiger partial charge < -0.3 is 5.11 Å². The molecule has 1 heterocycles. The predicted octanol–water partition coefficient (Wildman–Crippen LogP) is 2.13. The molecule has 0 bridgehead atoms. The van der Waals surface area contributed by atoms with Crippen molar-refractivity contribution in [2.45, 2.75) is 45.8 Å². The fourth-order valence-corrected chi connectivity index (χ4v) is 1.29. The molecule has 13 heavy (non-hydrogen) atoms. The van der Waals surface area contributed by atoms with Crippen molar-refractivity contribution in [3.05, 3.63) is 18.0 Å². The molecule has 0 amide bonds. The largest absolute Gasteiger partial charge is 0.388 e. The second-order valence-electron chi connectivity index (χ2n) is 3.29. The number of hydrogen-bond acceptors (Lipinski definition) is 2. The van der Waals surface area contributed by atoms with Crippen LogP contribution < -0.4 is 0 Å². The van der Waals surface area contributed by atoms with E-state index in [1.807, 2.05) is 17.8 Å². The van der Waals surface area contributed by atoms with Crippen LogP contribution in [0.3, 0.4) is 0 Å². The van der Waals surface area contributed by atoms with Crippen LogP contribution in [0.5, 0.6) is 0 Å². The summed E-state index contributed by atoms with van der Waals surface area (Å²) in [5.74, 6) is 0. The van der Waals surface area contributed by atoms with Crippen molar-refractivity contribution in [3.8, 4) is 0 Å². The molecule has 1 atom stereocenters. The Morgan fingerprint density at radius 2 is 2.31 bits per heavy atom. The highest BCUT2D eigenvalue weighted by Gasteiger charge is 2.08. The van der Waals surface area contributed by atoms with Gasteiger partial charge in [-0.1, -0.05) is 19.8 Å². The monoisotopic (exact) mass is 182 g/mol. The van der Waals surface area contributed by atoms with Crippen LogP contribution in [0.1, 0.15) is 44.8 Å². The molecule has 3 nitrogen and oxygen atoms in total. The van der Waals surface area contributed by atoms with E-state index in [0.717, 1.165) is 31.4 Å². The van der Waals surface area contributed by atoms with E-state index in [1.54, 1.807) is 6.20 Å². The lowest BCUT2D eigenvalue weighted by Crippen LogP contribution is -1.96. The molecule has 0 fully saturated rings. The Morgan fingerprint density at radius 3 is 2.85 bits per heavy atom.